The second kappa shape index (κ2) is 6.12. The van der Waals surface area contributed by atoms with Crippen molar-refractivity contribution < 1.29 is 4.79 Å². The predicted molar refractivity (Wildman–Crippen MR) is 79.0 cm³/mol. The molecule has 0 saturated carbocycles. The van der Waals surface area contributed by atoms with Gasteiger partial charge < -0.3 is 10.2 Å². The van der Waals surface area contributed by atoms with Gasteiger partial charge in [-0.3, -0.25) is 4.79 Å². The summed E-state index contributed by atoms with van der Waals surface area (Å²) in [7, 11) is 0. The second-order valence-corrected chi connectivity index (χ2v) is 5.92. The Hall–Kier alpha value is -0.770. The van der Waals surface area contributed by atoms with E-state index in [9.17, 15) is 4.79 Å². The lowest BCUT2D eigenvalue weighted by Crippen LogP contribution is -2.46. The van der Waals surface area contributed by atoms with E-state index in [0.717, 1.165) is 19.5 Å². The number of carbonyl (C=O) groups excluding carboxylic acids is 1. The van der Waals surface area contributed by atoms with E-state index in [4.69, 9.17) is 23.2 Å². The predicted octanol–water partition coefficient (Wildman–Crippen LogP) is 3.21. The van der Waals surface area contributed by atoms with Crippen LogP contribution in [0, 0.1) is 0 Å². The van der Waals surface area contributed by atoms with Crippen molar-refractivity contribution in [3.8, 4) is 0 Å². The zero-order chi connectivity index (χ0) is 14.0. The lowest BCUT2D eigenvalue weighted by Gasteiger charge is -2.32. The van der Waals surface area contributed by atoms with Crippen molar-refractivity contribution in [1.29, 1.82) is 0 Å². The van der Waals surface area contributed by atoms with Crippen LogP contribution in [0.4, 0.5) is 0 Å². The molecule has 3 nitrogen and oxygen atoms in total. The number of benzene rings is 1. The molecule has 1 aliphatic heterocycles. The summed E-state index contributed by atoms with van der Waals surface area (Å²) in [4.78, 5) is 14.6. The van der Waals surface area contributed by atoms with Crippen LogP contribution in [-0.2, 0) is 0 Å². The van der Waals surface area contributed by atoms with Crippen molar-refractivity contribution in [2.24, 2.45) is 0 Å². The monoisotopic (exact) mass is 300 g/mol. The zero-order valence-electron chi connectivity index (χ0n) is 11.1. The van der Waals surface area contributed by atoms with Gasteiger partial charge in [-0.2, -0.15) is 0 Å². The summed E-state index contributed by atoms with van der Waals surface area (Å²) >= 11 is 12.1. The Bertz CT molecular complexity index is 471. The lowest BCUT2D eigenvalue weighted by molar-refractivity contribution is 0.0627. The molecular weight excluding hydrogens is 283 g/mol. The first kappa shape index (κ1) is 14.6. The molecule has 1 saturated heterocycles. The van der Waals surface area contributed by atoms with E-state index in [1.54, 1.807) is 18.2 Å². The van der Waals surface area contributed by atoms with E-state index in [2.05, 4.69) is 5.32 Å². The molecule has 104 valence electrons. The van der Waals surface area contributed by atoms with Crippen LogP contribution >= 0.6 is 23.2 Å². The number of nitrogens with zero attached hydrogens (tertiary/aromatic N) is 1. The second-order valence-electron chi connectivity index (χ2n) is 5.08. The highest BCUT2D eigenvalue weighted by molar-refractivity contribution is 6.35. The van der Waals surface area contributed by atoms with E-state index >= 15 is 0 Å². The number of hydrogen-bond acceptors (Lipinski definition) is 2. The van der Waals surface area contributed by atoms with Crippen LogP contribution in [0.15, 0.2) is 18.2 Å². The minimum atomic E-state index is -0.0452. The van der Waals surface area contributed by atoms with Crippen LogP contribution in [0.5, 0.6) is 0 Å². The Kier molecular flexibility index (Phi) is 4.71. The average Bonchev–Trinajstić information content (AvgIpc) is 2.85. The van der Waals surface area contributed by atoms with Gasteiger partial charge >= 0.3 is 0 Å². The molecule has 1 heterocycles. The first-order chi connectivity index (χ1) is 9.00. The Balaban J connectivity index is 2.30. The zero-order valence-corrected chi connectivity index (χ0v) is 12.6. The van der Waals surface area contributed by atoms with Gasteiger partial charge in [0, 0.05) is 23.7 Å². The highest BCUT2D eigenvalue weighted by atomic mass is 35.5. The standard InChI is InChI=1S/C14H18Cl2N2O/c1-9(2)18(11-5-6-17-8-11)14(19)12-7-10(15)3-4-13(12)16/h3-4,7,9,11,17H,5-6,8H2,1-2H3. The molecule has 1 aliphatic rings. The molecule has 1 aromatic rings. The number of nitrogens with one attached hydrogen (secondary N) is 1. The number of halogens is 2. The summed E-state index contributed by atoms with van der Waals surface area (Å²) in [6, 6.07) is 5.36. The van der Waals surface area contributed by atoms with Crippen LogP contribution in [0.3, 0.4) is 0 Å². The maximum absolute atomic E-state index is 12.7. The molecule has 1 amide bonds. The Labute approximate surface area is 123 Å². The molecule has 0 radical (unpaired) electrons. The molecule has 0 spiro atoms. The molecule has 0 aliphatic carbocycles. The molecule has 1 N–H and O–H groups in total. The van der Waals surface area contributed by atoms with Crippen molar-refractivity contribution in [3.05, 3.63) is 33.8 Å². The maximum Gasteiger partial charge on any atom is 0.255 e. The van der Waals surface area contributed by atoms with Crippen molar-refractivity contribution in [3.63, 3.8) is 0 Å². The van der Waals surface area contributed by atoms with Crippen LogP contribution in [-0.4, -0.2) is 36.0 Å². The summed E-state index contributed by atoms with van der Waals surface area (Å²) in [6.45, 7) is 5.83. The van der Waals surface area contributed by atoms with Crippen molar-refractivity contribution in [2.75, 3.05) is 13.1 Å². The molecule has 1 unspecified atom stereocenters. The molecule has 1 aromatic carbocycles. The van der Waals surface area contributed by atoms with Crippen molar-refractivity contribution >= 4 is 29.1 Å². The third-order valence-corrected chi connectivity index (χ3v) is 3.94. The number of carbonyl (C=O) groups is 1. The smallest absolute Gasteiger partial charge is 0.255 e. The third-order valence-electron chi connectivity index (χ3n) is 3.38. The molecule has 19 heavy (non-hydrogen) atoms. The third kappa shape index (κ3) is 3.22. The largest absolute Gasteiger partial charge is 0.332 e. The molecule has 1 atom stereocenters. The fourth-order valence-corrected chi connectivity index (χ4v) is 2.87. The van der Waals surface area contributed by atoms with Crippen LogP contribution in [0.25, 0.3) is 0 Å². The van der Waals surface area contributed by atoms with E-state index in [1.165, 1.54) is 0 Å². The summed E-state index contributed by atoms with van der Waals surface area (Å²) in [6.07, 6.45) is 0.974. The number of rotatable bonds is 3. The Morgan fingerprint density at radius 2 is 2.16 bits per heavy atom. The summed E-state index contributed by atoms with van der Waals surface area (Å²) in [5.41, 5.74) is 0.481. The summed E-state index contributed by atoms with van der Waals surface area (Å²) < 4.78 is 0. The fourth-order valence-electron chi connectivity index (χ4n) is 2.50. The quantitative estimate of drug-likeness (QED) is 0.930. The minimum Gasteiger partial charge on any atom is -0.332 e. The van der Waals surface area contributed by atoms with Gasteiger partial charge in [-0.05, 0) is 45.0 Å². The summed E-state index contributed by atoms with van der Waals surface area (Å²) in [5.74, 6) is -0.0452. The molecule has 0 aromatic heterocycles. The van der Waals surface area contributed by atoms with E-state index in [0.29, 0.717) is 15.6 Å². The highest BCUT2D eigenvalue weighted by Crippen LogP contribution is 2.25. The molecular formula is C14H18Cl2N2O. The van der Waals surface area contributed by atoms with Crippen molar-refractivity contribution in [1.82, 2.24) is 10.2 Å². The van der Waals surface area contributed by atoms with Gasteiger partial charge in [0.15, 0.2) is 0 Å². The Morgan fingerprint density at radius 3 is 2.74 bits per heavy atom. The van der Waals surface area contributed by atoms with Gasteiger partial charge in [-0.1, -0.05) is 23.2 Å². The summed E-state index contributed by atoms with van der Waals surface area (Å²) in [5, 5.41) is 4.27. The number of hydrogen-bond donors (Lipinski definition) is 1. The Morgan fingerprint density at radius 1 is 1.42 bits per heavy atom. The first-order valence-corrected chi connectivity index (χ1v) is 7.24. The SMILES string of the molecule is CC(C)N(C(=O)c1cc(Cl)ccc1Cl)C1CCNC1. The van der Waals surface area contributed by atoms with E-state index in [-0.39, 0.29) is 18.0 Å². The minimum absolute atomic E-state index is 0.0452. The normalized spacial score (nSPS) is 18.9. The topological polar surface area (TPSA) is 32.3 Å². The molecule has 2 rings (SSSR count). The van der Waals surface area contributed by atoms with Crippen LogP contribution in [0.2, 0.25) is 10.0 Å². The fraction of sp³-hybridized carbons (Fsp3) is 0.500. The lowest BCUT2D eigenvalue weighted by atomic mass is 10.1. The van der Waals surface area contributed by atoms with Gasteiger partial charge in [0.1, 0.15) is 0 Å². The van der Waals surface area contributed by atoms with E-state index < -0.39 is 0 Å². The molecule has 0 bridgehead atoms. The van der Waals surface area contributed by atoms with Crippen LogP contribution < -0.4 is 5.32 Å². The first-order valence-electron chi connectivity index (χ1n) is 6.49. The van der Waals surface area contributed by atoms with Gasteiger partial charge in [0.05, 0.1) is 10.6 Å². The van der Waals surface area contributed by atoms with Gasteiger partial charge in [-0.25, -0.2) is 0 Å². The molecule has 5 heteroatoms. The maximum atomic E-state index is 12.7. The highest BCUT2D eigenvalue weighted by Gasteiger charge is 2.30. The van der Waals surface area contributed by atoms with Gasteiger partial charge in [-0.15, -0.1) is 0 Å². The van der Waals surface area contributed by atoms with Gasteiger partial charge in [0.2, 0.25) is 0 Å². The van der Waals surface area contributed by atoms with Crippen molar-refractivity contribution in [2.45, 2.75) is 32.4 Å². The number of amides is 1. The van der Waals surface area contributed by atoms with E-state index in [1.807, 2.05) is 18.7 Å². The van der Waals surface area contributed by atoms with Crippen LogP contribution in [0.1, 0.15) is 30.6 Å². The average molecular weight is 301 g/mol. The molecule has 1 fully saturated rings. The van der Waals surface area contributed by atoms with Gasteiger partial charge in [0.25, 0.3) is 5.91 Å².